The van der Waals surface area contributed by atoms with Crippen molar-refractivity contribution in [2.75, 3.05) is 0 Å². The summed E-state index contributed by atoms with van der Waals surface area (Å²) in [5, 5.41) is -1.34. The second-order valence-corrected chi connectivity index (χ2v) is 15.0. The summed E-state index contributed by atoms with van der Waals surface area (Å²) in [5.74, 6) is 0. The molecule has 0 saturated heterocycles. The smallest absolute Gasteiger partial charge is 0.307 e. The van der Waals surface area contributed by atoms with Crippen molar-refractivity contribution < 1.29 is 25.5 Å². The van der Waals surface area contributed by atoms with E-state index in [4.69, 9.17) is 3.87 Å². The summed E-state index contributed by atoms with van der Waals surface area (Å²) in [6, 6.07) is 0. The van der Waals surface area contributed by atoms with Gasteiger partial charge in [-0.3, -0.25) is 0 Å². The zero-order chi connectivity index (χ0) is 16.8. The van der Waals surface area contributed by atoms with E-state index in [2.05, 4.69) is 0 Å². The lowest BCUT2D eigenvalue weighted by atomic mass is 10.2. The van der Waals surface area contributed by atoms with Crippen LogP contribution in [0, 0.1) is 0 Å². The Morgan fingerprint density at radius 2 is 1.20 bits per heavy atom. The molecular formula is C12H25F3O3SSi. The lowest BCUT2D eigenvalue weighted by Crippen LogP contribution is -2.59. The van der Waals surface area contributed by atoms with Crippen LogP contribution in [0.5, 0.6) is 0 Å². The Bertz CT molecular complexity index is 428. The predicted octanol–water partition coefficient (Wildman–Crippen LogP) is 4.81. The number of rotatable bonds is 3. The fraction of sp³-hybridized carbons (Fsp3) is 1.00. The topological polar surface area (TPSA) is 43.4 Å². The van der Waals surface area contributed by atoms with Crippen LogP contribution in [0.1, 0.15) is 55.4 Å². The molecule has 0 unspecified atom stereocenters. The van der Waals surface area contributed by atoms with Crippen molar-refractivity contribution in [1.82, 2.24) is 0 Å². The van der Waals surface area contributed by atoms with Gasteiger partial charge in [0.2, 0.25) is 8.32 Å². The van der Waals surface area contributed by atoms with E-state index in [-0.39, 0.29) is 5.54 Å². The molecule has 0 aromatic carbocycles. The lowest BCUT2D eigenvalue weighted by molar-refractivity contribution is -0.0507. The van der Waals surface area contributed by atoms with Crippen molar-refractivity contribution in [1.29, 1.82) is 0 Å². The molecule has 20 heavy (non-hydrogen) atoms. The van der Waals surface area contributed by atoms with Crippen molar-refractivity contribution in [2.45, 2.75) is 76.5 Å². The Kier molecular flexibility index (Phi) is 5.26. The molecule has 0 radical (unpaired) electrons. The van der Waals surface area contributed by atoms with E-state index in [0.717, 1.165) is 0 Å². The highest BCUT2D eigenvalue weighted by Gasteiger charge is 2.63. The molecule has 0 N–H and O–H groups in total. The second-order valence-electron chi connectivity index (χ2n) is 7.37. The first-order valence-corrected chi connectivity index (χ1v) is 9.81. The molecule has 0 rings (SSSR count). The van der Waals surface area contributed by atoms with Crippen molar-refractivity contribution in [3.05, 3.63) is 0 Å². The van der Waals surface area contributed by atoms with E-state index in [1.165, 1.54) is 0 Å². The van der Waals surface area contributed by atoms with Crippen LogP contribution in [-0.4, -0.2) is 22.2 Å². The summed E-state index contributed by atoms with van der Waals surface area (Å²) in [5.41, 5.74) is -5.68. The molecule has 3 nitrogen and oxygen atoms in total. The molecule has 0 aliphatic heterocycles. The maximum Gasteiger partial charge on any atom is 0.522 e. The van der Waals surface area contributed by atoms with Gasteiger partial charge in [0.25, 0.3) is 0 Å². The van der Waals surface area contributed by atoms with Gasteiger partial charge in [-0.2, -0.15) is 21.6 Å². The second kappa shape index (κ2) is 5.28. The average molecular weight is 334 g/mol. The average Bonchev–Trinajstić information content (AvgIpc) is 2.07. The van der Waals surface area contributed by atoms with Gasteiger partial charge in [0.1, 0.15) is 0 Å². The first kappa shape index (κ1) is 19.9. The van der Waals surface area contributed by atoms with Gasteiger partial charge in [-0.25, -0.2) is 0 Å². The van der Waals surface area contributed by atoms with Crippen LogP contribution < -0.4 is 0 Å². The molecule has 0 spiro atoms. The fourth-order valence-electron chi connectivity index (χ4n) is 3.42. The van der Waals surface area contributed by atoms with Crippen LogP contribution in [0.4, 0.5) is 13.2 Å². The summed E-state index contributed by atoms with van der Waals surface area (Å²) < 4.78 is 66.2. The van der Waals surface area contributed by atoms with Gasteiger partial charge in [-0.1, -0.05) is 55.4 Å². The van der Waals surface area contributed by atoms with Crippen molar-refractivity contribution in [3.8, 4) is 0 Å². The summed E-state index contributed by atoms with van der Waals surface area (Å²) in [6.07, 6.45) is 0. The van der Waals surface area contributed by atoms with Gasteiger partial charge < -0.3 is 3.87 Å². The summed E-state index contributed by atoms with van der Waals surface area (Å²) in [6.45, 7) is 13.9. The molecule has 0 aromatic heterocycles. The van der Waals surface area contributed by atoms with E-state index in [1.807, 2.05) is 0 Å². The maximum absolute atomic E-state index is 12.7. The molecule has 0 aliphatic rings. The highest BCUT2D eigenvalue weighted by Crippen LogP contribution is 2.58. The van der Waals surface area contributed by atoms with Crippen LogP contribution >= 0.6 is 0 Å². The van der Waals surface area contributed by atoms with Crippen molar-refractivity contribution in [3.63, 3.8) is 0 Å². The van der Waals surface area contributed by atoms with E-state index >= 15 is 0 Å². The van der Waals surface area contributed by atoms with Crippen LogP contribution in [0.3, 0.4) is 0 Å². The molecule has 0 aliphatic carbocycles. The third kappa shape index (κ3) is 3.39. The highest BCUT2D eigenvalue weighted by atomic mass is 32.2. The Morgan fingerprint density at radius 1 is 0.900 bits per heavy atom. The number of hydrogen-bond acceptors (Lipinski definition) is 3. The van der Waals surface area contributed by atoms with E-state index < -0.39 is 34.0 Å². The minimum Gasteiger partial charge on any atom is -0.307 e. The molecule has 0 amide bonds. The zero-order valence-electron chi connectivity index (χ0n) is 13.3. The van der Waals surface area contributed by atoms with Crippen molar-refractivity contribution >= 4 is 18.4 Å². The Hall–Kier alpha value is -0.0831. The molecule has 0 saturated carbocycles. The zero-order valence-corrected chi connectivity index (χ0v) is 15.2. The molecule has 0 atom stereocenters. The van der Waals surface area contributed by atoms with Gasteiger partial charge >= 0.3 is 15.6 Å². The lowest BCUT2D eigenvalue weighted by Gasteiger charge is -2.52. The number of hydrogen-bond donors (Lipinski definition) is 0. The minimum absolute atomic E-state index is 0.292. The van der Waals surface area contributed by atoms with E-state index in [1.54, 1.807) is 55.4 Å². The summed E-state index contributed by atoms with van der Waals surface area (Å²) in [4.78, 5) is 0. The van der Waals surface area contributed by atoms with Gasteiger partial charge in [0, 0.05) is 0 Å². The molecule has 0 bridgehead atoms. The highest BCUT2D eigenvalue weighted by molar-refractivity contribution is 7.88. The molecular weight excluding hydrogens is 309 g/mol. The van der Waals surface area contributed by atoms with Crippen LogP contribution in [0.15, 0.2) is 0 Å². The predicted molar refractivity (Wildman–Crippen MR) is 76.3 cm³/mol. The Balaban J connectivity index is 6.22. The van der Waals surface area contributed by atoms with E-state index in [0.29, 0.717) is 0 Å². The largest absolute Gasteiger partial charge is 0.522 e. The van der Waals surface area contributed by atoms with Gasteiger partial charge in [0.15, 0.2) is 0 Å². The monoisotopic (exact) mass is 334 g/mol. The summed E-state index contributed by atoms with van der Waals surface area (Å²) in [7, 11) is -8.93. The standard InChI is InChI=1S/C12H25F3O3SSi/c1-9(2)20(10(3,4)5,11(6,7)8)18-19(16,17)12(13,14)15/h9H,1-8H3. The molecule has 122 valence electrons. The van der Waals surface area contributed by atoms with Gasteiger partial charge in [-0.15, -0.1) is 0 Å². The first-order chi connectivity index (χ1) is 8.40. The Morgan fingerprint density at radius 3 is 1.35 bits per heavy atom. The fourth-order valence-corrected chi connectivity index (χ4v) is 13.7. The van der Waals surface area contributed by atoms with Gasteiger partial charge in [-0.05, 0) is 15.6 Å². The number of alkyl halides is 3. The van der Waals surface area contributed by atoms with Crippen LogP contribution in [0.25, 0.3) is 0 Å². The number of halogens is 3. The maximum atomic E-state index is 12.7. The summed E-state index contributed by atoms with van der Waals surface area (Å²) >= 11 is 0. The first-order valence-electron chi connectivity index (χ1n) is 6.42. The SMILES string of the molecule is CC(C)[Si](OS(=O)(=O)C(F)(F)F)(C(C)(C)C)C(C)(C)C. The Labute approximate surface area is 121 Å². The van der Waals surface area contributed by atoms with Gasteiger partial charge in [0.05, 0.1) is 0 Å². The normalized spacial score (nSPS) is 15.8. The minimum atomic E-state index is -5.60. The molecule has 0 aromatic rings. The van der Waals surface area contributed by atoms with Crippen LogP contribution in [-0.2, 0) is 14.0 Å². The molecule has 0 fully saturated rings. The van der Waals surface area contributed by atoms with Crippen molar-refractivity contribution in [2.24, 2.45) is 0 Å². The van der Waals surface area contributed by atoms with E-state index in [9.17, 15) is 21.6 Å². The molecule has 0 heterocycles. The van der Waals surface area contributed by atoms with Crippen LogP contribution in [0.2, 0.25) is 15.6 Å². The third-order valence-corrected chi connectivity index (χ3v) is 12.1. The third-order valence-electron chi connectivity index (χ3n) is 3.57. The molecule has 8 heteroatoms. The quantitative estimate of drug-likeness (QED) is 0.549.